The van der Waals surface area contributed by atoms with Crippen molar-refractivity contribution in [2.24, 2.45) is 0 Å². The van der Waals surface area contributed by atoms with E-state index in [1.165, 1.54) is 6.07 Å². The summed E-state index contributed by atoms with van der Waals surface area (Å²) < 4.78 is 5.40. The zero-order chi connectivity index (χ0) is 15.0. The largest absolute Gasteiger partial charge is 0.477 e. The number of hydrogen-bond donors (Lipinski definition) is 1. The first-order chi connectivity index (χ1) is 10.1. The highest BCUT2D eigenvalue weighted by Gasteiger charge is 2.38. The maximum absolute atomic E-state index is 12.7. The van der Waals surface area contributed by atoms with Crippen LogP contribution in [0.3, 0.4) is 0 Å². The molecule has 1 N–H and O–H groups in total. The molecule has 0 radical (unpaired) electrons. The van der Waals surface area contributed by atoms with Gasteiger partial charge < -0.3 is 14.4 Å². The Labute approximate surface area is 125 Å². The fraction of sp³-hybridized carbons (Fsp3) is 0.333. The van der Waals surface area contributed by atoms with Gasteiger partial charge in [0.1, 0.15) is 10.6 Å². The third-order valence-electron chi connectivity index (χ3n) is 3.57. The smallest absolute Gasteiger partial charge is 0.345 e. The summed E-state index contributed by atoms with van der Waals surface area (Å²) in [6.07, 6.45) is 3.55. The summed E-state index contributed by atoms with van der Waals surface area (Å²) in [5, 5.41) is 8.97. The van der Waals surface area contributed by atoms with Crippen molar-refractivity contribution in [2.45, 2.75) is 31.8 Å². The van der Waals surface area contributed by atoms with Crippen molar-refractivity contribution < 1.29 is 19.1 Å². The Kier molecular flexibility index (Phi) is 3.55. The summed E-state index contributed by atoms with van der Waals surface area (Å²) in [6.45, 7) is 1.93. The Hall–Kier alpha value is -2.08. The van der Waals surface area contributed by atoms with Gasteiger partial charge in [0.05, 0.1) is 17.2 Å². The zero-order valence-corrected chi connectivity index (χ0v) is 12.3. The molecule has 1 fully saturated rings. The quantitative estimate of drug-likeness (QED) is 0.919. The Balaban J connectivity index is 1.86. The minimum Gasteiger partial charge on any atom is -0.477 e. The second-order valence-electron chi connectivity index (χ2n) is 5.10. The molecule has 0 aromatic carbocycles. The number of carboxylic acid groups (broad SMARTS) is 1. The van der Waals surface area contributed by atoms with Gasteiger partial charge in [-0.2, -0.15) is 0 Å². The summed E-state index contributed by atoms with van der Waals surface area (Å²) in [5.41, 5.74) is 0. The molecule has 0 aliphatic heterocycles. The van der Waals surface area contributed by atoms with Crippen molar-refractivity contribution in [3.8, 4) is 0 Å². The lowest BCUT2D eigenvalue weighted by molar-refractivity contribution is 0.0656. The van der Waals surface area contributed by atoms with Crippen LogP contribution in [0.5, 0.6) is 0 Å². The first-order valence-electron chi connectivity index (χ1n) is 6.77. The van der Waals surface area contributed by atoms with Crippen LogP contribution in [0.4, 0.5) is 0 Å². The molecule has 1 saturated carbocycles. The van der Waals surface area contributed by atoms with Crippen molar-refractivity contribution in [1.82, 2.24) is 4.90 Å². The molecule has 2 aromatic heterocycles. The highest BCUT2D eigenvalue weighted by Crippen LogP contribution is 2.36. The van der Waals surface area contributed by atoms with Crippen LogP contribution in [0.2, 0.25) is 0 Å². The molecule has 5 nitrogen and oxygen atoms in total. The second kappa shape index (κ2) is 5.37. The molecule has 1 aliphatic carbocycles. The molecule has 0 unspecified atom stereocenters. The average molecular weight is 305 g/mol. The standard InChI is InChI=1S/C15H15NO4S/c1-9(11-3-2-8-20-11)16(10-4-5-10)14(17)12-6-7-13(21-12)15(18)19/h2-3,6-10H,4-5H2,1H3,(H,18,19)/t9-/m1/s1. The number of rotatable bonds is 5. The predicted octanol–water partition coefficient (Wildman–Crippen LogP) is 3.41. The summed E-state index contributed by atoms with van der Waals surface area (Å²) in [4.78, 5) is 26.1. The van der Waals surface area contributed by atoms with Gasteiger partial charge in [0.2, 0.25) is 0 Å². The van der Waals surface area contributed by atoms with Gasteiger partial charge in [0, 0.05) is 6.04 Å². The Bertz CT molecular complexity index is 657. The number of carbonyl (C=O) groups is 2. The van der Waals surface area contributed by atoms with Crippen LogP contribution in [0.25, 0.3) is 0 Å². The highest BCUT2D eigenvalue weighted by molar-refractivity contribution is 7.15. The molecule has 0 saturated heterocycles. The van der Waals surface area contributed by atoms with Gasteiger partial charge in [-0.15, -0.1) is 11.3 Å². The normalized spacial score (nSPS) is 15.7. The Morgan fingerprint density at radius 2 is 2.05 bits per heavy atom. The molecule has 3 rings (SSSR count). The molecule has 2 aromatic rings. The van der Waals surface area contributed by atoms with Crippen LogP contribution >= 0.6 is 11.3 Å². The van der Waals surface area contributed by atoms with Crippen LogP contribution in [0, 0.1) is 0 Å². The van der Waals surface area contributed by atoms with Crippen molar-refractivity contribution >= 4 is 23.2 Å². The van der Waals surface area contributed by atoms with E-state index in [0.29, 0.717) is 4.88 Å². The molecule has 110 valence electrons. The molecule has 0 bridgehead atoms. The zero-order valence-electron chi connectivity index (χ0n) is 11.5. The van der Waals surface area contributed by atoms with E-state index in [1.807, 2.05) is 13.0 Å². The van der Waals surface area contributed by atoms with E-state index in [9.17, 15) is 9.59 Å². The van der Waals surface area contributed by atoms with E-state index in [0.717, 1.165) is 29.9 Å². The van der Waals surface area contributed by atoms with Gasteiger partial charge >= 0.3 is 5.97 Å². The number of nitrogens with zero attached hydrogens (tertiary/aromatic N) is 1. The van der Waals surface area contributed by atoms with E-state index in [4.69, 9.17) is 9.52 Å². The van der Waals surface area contributed by atoms with Crippen LogP contribution in [-0.4, -0.2) is 27.9 Å². The molecule has 2 heterocycles. The van der Waals surface area contributed by atoms with E-state index in [-0.39, 0.29) is 22.9 Å². The number of thiophene rings is 1. The van der Waals surface area contributed by atoms with E-state index >= 15 is 0 Å². The van der Waals surface area contributed by atoms with Crippen molar-refractivity contribution in [3.63, 3.8) is 0 Å². The lowest BCUT2D eigenvalue weighted by Gasteiger charge is -2.27. The summed E-state index contributed by atoms with van der Waals surface area (Å²) >= 11 is 1.02. The van der Waals surface area contributed by atoms with Gasteiger partial charge in [0.25, 0.3) is 5.91 Å². The number of furan rings is 1. The Morgan fingerprint density at radius 3 is 2.57 bits per heavy atom. The SMILES string of the molecule is C[C@H](c1ccco1)N(C(=O)c1ccc(C(=O)O)s1)C1CC1. The number of carboxylic acids is 1. The monoisotopic (exact) mass is 305 g/mol. The number of aromatic carboxylic acids is 1. The number of hydrogen-bond acceptors (Lipinski definition) is 4. The molecule has 6 heteroatoms. The predicted molar refractivity (Wildman–Crippen MR) is 77.6 cm³/mol. The molecular weight excluding hydrogens is 290 g/mol. The van der Waals surface area contributed by atoms with Crippen LogP contribution < -0.4 is 0 Å². The van der Waals surface area contributed by atoms with Gasteiger partial charge in [-0.25, -0.2) is 4.79 Å². The summed E-state index contributed by atoms with van der Waals surface area (Å²) in [6, 6.07) is 6.77. The summed E-state index contributed by atoms with van der Waals surface area (Å²) in [7, 11) is 0. The van der Waals surface area contributed by atoms with E-state index in [1.54, 1.807) is 23.3 Å². The molecule has 1 atom stereocenters. The van der Waals surface area contributed by atoms with Gasteiger partial charge in [0.15, 0.2) is 0 Å². The molecule has 1 aliphatic rings. The van der Waals surface area contributed by atoms with Crippen LogP contribution in [0.1, 0.15) is 50.9 Å². The maximum Gasteiger partial charge on any atom is 0.345 e. The molecule has 0 spiro atoms. The fourth-order valence-electron chi connectivity index (χ4n) is 2.37. The first kappa shape index (κ1) is 13.9. The third kappa shape index (κ3) is 2.71. The Morgan fingerprint density at radius 1 is 1.33 bits per heavy atom. The minimum atomic E-state index is -1.00. The first-order valence-corrected chi connectivity index (χ1v) is 7.58. The molecular formula is C15H15NO4S. The van der Waals surface area contributed by atoms with Crippen molar-refractivity contribution in [3.05, 3.63) is 46.0 Å². The summed E-state index contributed by atoms with van der Waals surface area (Å²) in [5.74, 6) is -0.389. The molecule has 21 heavy (non-hydrogen) atoms. The molecule has 1 amide bonds. The van der Waals surface area contributed by atoms with Gasteiger partial charge in [-0.1, -0.05) is 0 Å². The highest BCUT2D eigenvalue weighted by atomic mass is 32.1. The maximum atomic E-state index is 12.7. The third-order valence-corrected chi connectivity index (χ3v) is 4.64. The van der Waals surface area contributed by atoms with Gasteiger partial charge in [-0.3, -0.25) is 4.79 Å². The van der Waals surface area contributed by atoms with Crippen LogP contribution in [0.15, 0.2) is 34.9 Å². The van der Waals surface area contributed by atoms with Crippen molar-refractivity contribution in [2.75, 3.05) is 0 Å². The van der Waals surface area contributed by atoms with Crippen molar-refractivity contribution in [1.29, 1.82) is 0 Å². The lowest BCUT2D eigenvalue weighted by Crippen LogP contribution is -2.35. The van der Waals surface area contributed by atoms with Gasteiger partial charge in [-0.05, 0) is 44.0 Å². The van der Waals surface area contributed by atoms with Crippen LogP contribution in [-0.2, 0) is 0 Å². The number of carbonyl (C=O) groups excluding carboxylic acids is 1. The second-order valence-corrected chi connectivity index (χ2v) is 6.19. The van der Waals surface area contributed by atoms with E-state index < -0.39 is 5.97 Å². The average Bonchev–Trinajstić information content (AvgIpc) is 3.00. The topological polar surface area (TPSA) is 70.8 Å². The fourth-order valence-corrected chi connectivity index (χ4v) is 3.16. The lowest BCUT2D eigenvalue weighted by atomic mass is 10.2. The minimum absolute atomic E-state index is 0.126. The van der Waals surface area contributed by atoms with E-state index in [2.05, 4.69) is 0 Å². The number of amides is 1.